The monoisotopic (exact) mass is 470 g/mol. The predicted molar refractivity (Wildman–Crippen MR) is 145 cm³/mol. The third-order valence-electron chi connectivity index (χ3n) is 7.12. The number of aliphatic hydroxyl groups is 3. The average molecular weight is 471 g/mol. The molecule has 0 unspecified atom stereocenters. The Labute approximate surface area is 208 Å². The van der Waals surface area contributed by atoms with Crippen molar-refractivity contribution in [1.82, 2.24) is 0 Å². The Balaban J connectivity index is 3.00. The first-order chi connectivity index (χ1) is 16.3. The van der Waals surface area contributed by atoms with Gasteiger partial charge in [-0.1, -0.05) is 161 Å². The lowest BCUT2D eigenvalue weighted by Gasteiger charge is -2.05. The molecule has 0 atom stereocenters. The molecule has 0 rings (SSSR count). The normalized spacial score (nSPS) is 11.6. The molecular formula is C30H62O3. The van der Waals surface area contributed by atoms with E-state index in [1.807, 2.05) is 0 Å². The number of hydrogen-bond acceptors (Lipinski definition) is 3. The van der Waals surface area contributed by atoms with Gasteiger partial charge in [0.25, 0.3) is 0 Å². The SMILES string of the molecule is OCCCCCCCCCCCCCCCCCCCCCCCCCCCCCC(O)O. The summed E-state index contributed by atoms with van der Waals surface area (Å²) in [5, 5.41) is 26.4. The van der Waals surface area contributed by atoms with E-state index in [1.165, 1.54) is 154 Å². The van der Waals surface area contributed by atoms with Crippen LogP contribution in [0.3, 0.4) is 0 Å². The number of unbranched alkanes of at least 4 members (excludes halogenated alkanes) is 26. The van der Waals surface area contributed by atoms with Crippen LogP contribution in [0, 0.1) is 0 Å². The molecular weight excluding hydrogens is 408 g/mol. The fourth-order valence-electron chi connectivity index (χ4n) is 4.86. The molecule has 0 saturated carbocycles. The fraction of sp³-hybridized carbons (Fsp3) is 1.00. The molecule has 0 bridgehead atoms. The minimum atomic E-state index is -1.11. The second-order valence-corrected chi connectivity index (χ2v) is 10.5. The molecule has 0 amide bonds. The molecule has 0 aliphatic carbocycles. The van der Waals surface area contributed by atoms with E-state index in [-0.39, 0.29) is 0 Å². The van der Waals surface area contributed by atoms with Gasteiger partial charge >= 0.3 is 0 Å². The van der Waals surface area contributed by atoms with Gasteiger partial charge in [0.2, 0.25) is 0 Å². The molecule has 0 saturated heterocycles. The Hall–Kier alpha value is -0.120. The number of aliphatic hydroxyl groups excluding tert-OH is 2. The van der Waals surface area contributed by atoms with E-state index in [9.17, 15) is 0 Å². The summed E-state index contributed by atoms with van der Waals surface area (Å²) in [7, 11) is 0. The molecule has 3 nitrogen and oxygen atoms in total. The molecule has 200 valence electrons. The summed E-state index contributed by atoms with van der Waals surface area (Å²) < 4.78 is 0. The van der Waals surface area contributed by atoms with E-state index in [1.54, 1.807) is 0 Å². The highest BCUT2D eigenvalue weighted by Crippen LogP contribution is 2.16. The lowest BCUT2D eigenvalue weighted by atomic mass is 10.0. The van der Waals surface area contributed by atoms with Gasteiger partial charge in [-0.05, 0) is 19.3 Å². The van der Waals surface area contributed by atoms with Crippen molar-refractivity contribution in [3.8, 4) is 0 Å². The highest BCUT2D eigenvalue weighted by molar-refractivity contribution is 4.52. The van der Waals surface area contributed by atoms with Crippen molar-refractivity contribution in [2.45, 2.75) is 186 Å². The van der Waals surface area contributed by atoms with Crippen LogP contribution in [0.4, 0.5) is 0 Å². The van der Waals surface area contributed by atoms with E-state index >= 15 is 0 Å². The second-order valence-electron chi connectivity index (χ2n) is 10.5. The second kappa shape index (κ2) is 29.9. The van der Waals surface area contributed by atoms with E-state index in [0.29, 0.717) is 13.0 Å². The van der Waals surface area contributed by atoms with Gasteiger partial charge in [0.05, 0.1) is 0 Å². The molecule has 3 heteroatoms. The summed E-state index contributed by atoms with van der Waals surface area (Å²) >= 11 is 0. The van der Waals surface area contributed by atoms with E-state index in [4.69, 9.17) is 15.3 Å². The largest absolute Gasteiger partial charge is 0.396 e. The Morgan fingerprint density at radius 1 is 0.273 bits per heavy atom. The van der Waals surface area contributed by atoms with Crippen molar-refractivity contribution >= 4 is 0 Å². The van der Waals surface area contributed by atoms with Gasteiger partial charge in [-0.2, -0.15) is 0 Å². The van der Waals surface area contributed by atoms with Crippen LogP contribution in [0.1, 0.15) is 180 Å². The molecule has 3 N–H and O–H groups in total. The van der Waals surface area contributed by atoms with E-state index < -0.39 is 6.29 Å². The third kappa shape index (κ3) is 31.9. The highest BCUT2D eigenvalue weighted by atomic mass is 16.5. The van der Waals surface area contributed by atoms with Gasteiger partial charge < -0.3 is 15.3 Å². The Bertz CT molecular complexity index is 333. The van der Waals surface area contributed by atoms with Gasteiger partial charge in [-0.3, -0.25) is 0 Å². The van der Waals surface area contributed by atoms with Crippen molar-refractivity contribution in [2.75, 3.05) is 6.61 Å². The minimum absolute atomic E-state index is 0.366. The van der Waals surface area contributed by atoms with Crippen LogP contribution in [-0.4, -0.2) is 28.2 Å². The fourth-order valence-corrected chi connectivity index (χ4v) is 4.86. The summed E-state index contributed by atoms with van der Waals surface area (Å²) in [6, 6.07) is 0. The zero-order valence-corrected chi connectivity index (χ0v) is 22.4. The maximum atomic E-state index is 8.80. The van der Waals surface area contributed by atoms with Gasteiger partial charge in [-0.15, -0.1) is 0 Å². The molecule has 0 aromatic rings. The van der Waals surface area contributed by atoms with Crippen molar-refractivity contribution < 1.29 is 15.3 Å². The summed E-state index contributed by atoms with van der Waals surface area (Å²) in [6.07, 6.45) is 36.1. The van der Waals surface area contributed by atoms with Crippen LogP contribution >= 0.6 is 0 Å². The lowest BCUT2D eigenvalue weighted by molar-refractivity contribution is -0.0466. The quantitative estimate of drug-likeness (QED) is 0.0754. The van der Waals surface area contributed by atoms with Crippen LogP contribution < -0.4 is 0 Å². The van der Waals surface area contributed by atoms with E-state index in [0.717, 1.165) is 19.3 Å². The molecule has 0 aromatic carbocycles. The van der Waals surface area contributed by atoms with Crippen LogP contribution in [-0.2, 0) is 0 Å². The standard InChI is InChI=1S/C30H62O3/c31-29-27-25-23-21-19-17-15-13-11-9-7-5-3-1-2-4-6-8-10-12-14-16-18-20-22-24-26-28-30(32)33/h30-33H,1-29H2. The molecule has 0 radical (unpaired) electrons. The summed E-state index contributed by atoms with van der Waals surface area (Å²) in [6.45, 7) is 0.366. The van der Waals surface area contributed by atoms with Crippen molar-refractivity contribution in [3.63, 3.8) is 0 Å². The molecule has 0 aliphatic rings. The summed E-state index contributed by atoms with van der Waals surface area (Å²) in [4.78, 5) is 0. The number of rotatable bonds is 29. The predicted octanol–water partition coefficient (Wildman–Crippen LogP) is 9.21. The Kier molecular flexibility index (Phi) is 29.8. The van der Waals surface area contributed by atoms with Gasteiger partial charge in [-0.25, -0.2) is 0 Å². The van der Waals surface area contributed by atoms with Crippen LogP contribution in [0.2, 0.25) is 0 Å². The zero-order valence-electron chi connectivity index (χ0n) is 22.4. The van der Waals surface area contributed by atoms with Crippen molar-refractivity contribution in [3.05, 3.63) is 0 Å². The van der Waals surface area contributed by atoms with Crippen LogP contribution in [0.15, 0.2) is 0 Å². The molecule has 0 fully saturated rings. The van der Waals surface area contributed by atoms with Crippen LogP contribution in [0.25, 0.3) is 0 Å². The van der Waals surface area contributed by atoms with Gasteiger partial charge in [0.1, 0.15) is 0 Å². The van der Waals surface area contributed by atoms with E-state index in [2.05, 4.69) is 0 Å². The molecule has 0 aliphatic heterocycles. The average Bonchev–Trinajstić information content (AvgIpc) is 2.80. The summed E-state index contributed by atoms with van der Waals surface area (Å²) in [5.74, 6) is 0. The molecule has 0 heterocycles. The molecule has 0 spiro atoms. The molecule has 0 aromatic heterocycles. The zero-order chi connectivity index (χ0) is 24.1. The Morgan fingerprint density at radius 3 is 0.636 bits per heavy atom. The maximum Gasteiger partial charge on any atom is 0.151 e. The first kappa shape index (κ1) is 32.9. The van der Waals surface area contributed by atoms with Crippen LogP contribution in [0.5, 0.6) is 0 Å². The first-order valence-corrected chi connectivity index (χ1v) is 15.2. The first-order valence-electron chi connectivity index (χ1n) is 15.2. The molecule has 33 heavy (non-hydrogen) atoms. The summed E-state index contributed by atoms with van der Waals surface area (Å²) in [5.41, 5.74) is 0. The Morgan fingerprint density at radius 2 is 0.455 bits per heavy atom. The van der Waals surface area contributed by atoms with Crippen molar-refractivity contribution in [1.29, 1.82) is 0 Å². The van der Waals surface area contributed by atoms with Crippen molar-refractivity contribution in [2.24, 2.45) is 0 Å². The topological polar surface area (TPSA) is 60.7 Å². The smallest absolute Gasteiger partial charge is 0.151 e. The maximum absolute atomic E-state index is 8.80. The number of hydrogen-bond donors (Lipinski definition) is 3. The third-order valence-corrected chi connectivity index (χ3v) is 7.12. The lowest BCUT2D eigenvalue weighted by Crippen LogP contribution is -2.02. The van der Waals surface area contributed by atoms with Gasteiger partial charge in [0.15, 0.2) is 6.29 Å². The minimum Gasteiger partial charge on any atom is -0.396 e. The van der Waals surface area contributed by atoms with Gasteiger partial charge in [0, 0.05) is 6.61 Å². The highest BCUT2D eigenvalue weighted by Gasteiger charge is 1.98.